The van der Waals surface area contributed by atoms with Gasteiger partial charge in [0, 0.05) is 11.3 Å². The molecule has 0 N–H and O–H groups in total. The molecule has 0 saturated heterocycles. The number of rotatable bonds is 12. The number of nitrogens with zero attached hydrogens (tertiary/aromatic N) is 1. The average Bonchev–Trinajstić information content (AvgIpc) is 3.22. The molecule has 0 aromatic heterocycles. The first-order valence-electron chi connectivity index (χ1n) is 17.2. The predicted octanol–water partition coefficient (Wildman–Crippen LogP) is 7.71. The summed E-state index contributed by atoms with van der Waals surface area (Å²) in [4.78, 5) is 30.4. The molecule has 7 aromatic carbocycles. The van der Waals surface area contributed by atoms with E-state index in [0.29, 0.717) is 11.1 Å². The van der Waals surface area contributed by atoms with Gasteiger partial charge < -0.3 is 9.64 Å². The van der Waals surface area contributed by atoms with Crippen LogP contribution in [-0.2, 0) is 4.74 Å². The van der Waals surface area contributed by atoms with E-state index in [4.69, 9.17) is 4.74 Å². The number of hydrogen-bond acceptors (Lipinski definition) is 3. The Labute approximate surface area is 307 Å². The first-order valence-corrected chi connectivity index (χ1v) is 19.9. The first kappa shape index (κ1) is 34.8. The molecule has 0 bridgehead atoms. The van der Waals surface area contributed by atoms with Crippen LogP contribution < -0.4 is 36.7 Å². The van der Waals surface area contributed by atoms with Crippen LogP contribution in [0.1, 0.15) is 20.7 Å². The van der Waals surface area contributed by atoms with Crippen LogP contribution in [0.25, 0.3) is 0 Å². The number of carbonyl (C=O) groups is 2. The summed E-state index contributed by atoms with van der Waals surface area (Å²) in [5.41, 5.74) is 1.89. The van der Waals surface area contributed by atoms with E-state index in [1.54, 1.807) is 4.90 Å². The maximum atomic E-state index is 14.7. The largest absolute Gasteiger partial charge is 0.460 e. The van der Waals surface area contributed by atoms with Crippen LogP contribution >= 0.6 is 15.8 Å². The van der Waals surface area contributed by atoms with Crippen LogP contribution in [0.5, 0.6) is 0 Å². The van der Waals surface area contributed by atoms with E-state index in [1.165, 1.54) is 0 Å². The van der Waals surface area contributed by atoms with Gasteiger partial charge >= 0.3 is 5.97 Å². The lowest BCUT2D eigenvalue weighted by Gasteiger charge is -2.27. The smallest absolute Gasteiger partial charge is 0.338 e. The average molecular weight is 714 g/mol. The Bertz CT molecular complexity index is 2140. The number of carbonyl (C=O) groups excluding carboxylic acids is 2. The van der Waals surface area contributed by atoms with E-state index in [0.717, 1.165) is 37.5 Å². The normalized spacial score (nSPS) is 11.0. The zero-order valence-corrected chi connectivity index (χ0v) is 30.3. The third-order valence-corrected chi connectivity index (χ3v) is 13.7. The summed E-state index contributed by atoms with van der Waals surface area (Å²) in [6.07, 6.45) is 0. The Morgan fingerprint density at radius 1 is 0.423 bits per heavy atom. The lowest BCUT2D eigenvalue weighted by atomic mass is 10.1. The fourth-order valence-corrected chi connectivity index (χ4v) is 11.1. The Hall–Kier alpha value is -5.66. The molecule has 1 amide bonds. The SMILES string of the molecule is O=C(OCCN(C(=O)c1ccccc1P(c1ccccc1)c1ccccc1)c1ccccc1)c1ccccc1P(c1ccccc1)c1ccccc1. The van der Waals surface area contributed by atoms with Crippen LogP contribution in [0.15, 0.2) is 200 Å². The standard InChI is InChI=1S/C46H37NO3P2/c48-45(41-30-16-18-32-43(41)51(37-22-8-2-9-23-37)38-24-10-3-11-25-38)47(36-20-6-1-7-21-36)34-35-50-46(49)42-31-17-19-33-44(42)52(39-26-12-4-13-27-39)40-28-14-5-15-29-40/h1-33H,34-35H2. The lowest BCUT2D eigenvalue weighted by molar-refractivity contribution is 0.0513. The fourth-order valence-electron chi connectivity index (χ4n) is 6.26. The highest BCUT2D eigenvalue weighted by atomic mass is 31.1. The third-order valence-electron chi connectivity index (χ3n) is 8.66. The van der Waals surface area contributed by atoms with Gasteiger partial charge in [0.2, 0.25) is 0 Å². The van der Waals surface area contributed by atoms with Crippen molar-refractivity contribution in [3.05, 3.63) is 211 Å². The molecule has 0 aliphatic heterocycles. The second-order valence-electron chi connectivity index (χ2n) is 12.0. The molecule has 52 heavy (non-hydrogen) atoms. The molecule has 0 unspecified atom stereocenters. The van der Waals surface area contributed by atoms with Crippen LogP contribution in [0.4, 0.5) is 5.69 Å². The van der Waals surface area contributed by atoms with E-state index in [1.807, 2.05) is 146 Å². The highest BCUT2D eigenvalue weighted by Gasteiger charge is 2.27. The maximum Gasteiger partial charge on any atom is 0.338 e. The minimum atomic E-state index is -1.03. The van der Waals surface area contributed by atoms with Crippen molar-refractivity contribution >= 4 is 65.2 Å². The Morgan fingerprint density at radius 3 is 1.21 bits per heavy atom. The molecular weight excluding hydrogens is 676 g/mol. The molecule has 0 aliphatic carbocycles. The van der Waals surface area contributed by atoms with Crippen molar-refractivity contribution in [2.45, 2.75) is 0 Å². The number of amides is 1. The van der Waals surface area contributed by atoms with E-state index < -0.39 is 21.8 Å². The molecule has 0 atom stereocenters. The highest BCUT2D eigenvalue weighted by molar-refractivity contribution is 7.80. The first-order chi connectivity index (χ1) is 25.7. The van der Waals surface area contributed by atoms with Gasteiger partial charge in [0.05, 0.1) is 12.1 Å². The monoisotopic (exact) mass is 713 g/mol. The molecule has 0 aliphatic rings. The number of anilines is 1. The summed E-state index contributed by atoms with van der Waals surface area (Å²) in [6, 6.07) is 66.5. The van der Waals surface area contributed by atoms with Gasteiger partial charge in [0.1, 0.15) is 6.61 Å². The zero-order chi connectivity index (χ0) is 35.5. The quantitative estimate of drug-likeness (QED) is 0.0964. The molecule has 0 fully saturated rings. The van der Waals surface area contributed by atoms with Crippen LogP contribution in [0.2, 0.25) is 0 Å². The van der Waals surface area contributed by atoms with Gasteiger partial charge in [-0.25, -0.2) is 4.79 Å². The second kappa shape index (κ2) is 17.0. The highest BCUT2D eigenvalue weighted by Crippen LogP contribution is 2.36. The second-order valence-corrected chi connectivity index (χ2v) is 16.3. The van der Waals surface area contributed by atoms with Crippen molar-refractivity contribution < 1.29 is 14.3 Å². The zero-order valence-electron chi connectivity index (χ0n) is 28.5. The van der Waals surface area contributed by atoms with Crippen molar-refractivity contribution in [2.24, 2.45) is 0 Å². The number of para-hydroxylation sites is 1. The third kappa shape index (κ3) is 7.95. The maximum absolute atomic E-state index is 14.7. The number of benzene rings is 7. The number of hydrogen-bond donors (Lipinski definition) is 0. The van der Waals surface area contributed by atoms with Crippen molar-refractivity contribution in [3.63, 3.8) is 0 Å². The molecule has 0 heterocycles. The summed E-state index contributed by atoms with van der Waals surface area (Å²) >= 11 is 0. The van der Waals surface area contributed by atoms with Gasteiger partial charge in [-0.1, -0.05) is 176 Å². The minimum Gasteiger partial charge on any atom is -0.460 e. The van der Waals surface area contributed by atoms with Crippen molar-refractivity contribution in [1.29, 1.82) is 0 Å². The summed E-state index contributed by atoms with van der Waals surface area (Å²) in [6.45, 7) is 0.211. The summed E-state index contributed by atoms with van der Waals surface area (Å²) in [5.74, 6) is -0.554. The predicted molar refractivity (Wildman–Crippen MR) is 219 cm³/mol. The van der Waals surface area contributed by atoms with Crippen molar-refractivity contribution in [1.82, 2.24) is 0 Å². The fraction of sp³-hybridized carbons (Fsp3) is 0.0435. The minimum absolute atomic E-state index is 0.0245. The Morgan fingerprint density at radius 2 is 0.769 bits per heavy atom. The van der Waals surface area contributed by atoms with E-state index in [2.05, 4.69) is 54.6 Å². The van der Waals surface area contributed by atoms with Gasteiger partial charge in [0.15, 0.2) is 0 Å². The molecule has 7 rings (SSSR count). The lowest BCUT2D eigenvalue weighted by Crippen LogP contribution is -2.38. The van der Waals surface area contributed by atoms with Gasteiger partial charge in [-0.3, -0.25) is 4.79 Å². The molecule has 254 valence electrons. The van der Waals surface area contributed by atoms with Crippen LogP contribution in [0.3, 0.4) is 0 Å². The van der Waals surface area contributed by atoms with Crippen LogP contribution in [-0.4, -0.2) is 25.0 Å². The molecule has 6 heteroatoms. The summed E-state index contributed by atoms with van der Waals surface area (Å²) in [7, 11) is -2.04. The Balaban J connectivity index is 1.18. The van der Waals surface area contributed by atoms with Gasteiger partial charge in [-0.05, 0) is 71.9 Å². The molecule has 7 aromatic rings. The number of esters is 1. The van der Waals surface area contributed by atoms with Crippen LogP contribution in [0, 0.1) is 0 Å². The van der Waals surface area contributed by atoms with Gasteiger partial charge in [-0.15, -0.1) is 0 Å². The van der Waals surface area contributed by atoms with E-state index in [9.17, 15) is 9.59 Å². The molecule has 0 saturated carbocycles. The Kier molecular flexibility index (Phi) is 11.4. The van der Waals surface area contributed by atoms with E-state index in [-0.39, 0.29) is 19.1 Å². The number of ether oxygens (including phenoxy) is 1. The summed E-state index contributed by atoms with van der Waals surface area (Å²) < 4.78 is 6.03. The topological polar surface area (TPSA) is 46.6 Å². The molecule has 4 nitrogen and oxygen atoms in total. The van der Waals surface area contributed by atoms with Gasteiger partial charge in [-0.2, -0.15) is 0 Å². The summed E-state index contributed by atoms with van der Waals surface area (Å²) in [5, 5.41) is 6.52. The molecule has 0 spiro atoms. The van der Waals surface area contributed by atoms with Gasteiger partial charge in [0.25, 0.3) is 5.91 Å². The van der Waals surface area contributed by atoms with Crippen molar-refractivity contribution in [3.8, 4) is 0 Å². The molecule has 0 radical (unpaired) electrons. The van der Waals surface area contributed by atoms with Crippen molar-refractivity contribution in [2.75, 3.05) is 18.1 Å². The molecular formula is C46H37NO3P2. The van der Waals surface area contributed by atoms with E-state index >= 15 is 0 Å².